The van der Waals surface area contributed by atoms with Gasteiger partial charge in [-0.25, -0.2) is 0 Å². The molecule has 5 nitrogen and oxygen atoms in total. The van der Waals surface area contributed by atoms with Crippen molar-refractivity contribution >= 4 is 29.1 Å². The zero-order chi connectivity index (χ0) is 6.69. The van der Waals surface area contributed by atoms with Crippen LogP contribution in [-0.4, -0.2) is 34.2 Å². The Hall–Kier alpha value is -0.260. The summed E-state index contributed by atoms with van der Waals surface area (Å²) in [6.07, 6.45) is 0.692. The molecule has 0 spiro atoms. The molecule has 0 radical (unpaired) electrons. The molecule has 0 aromatic carbocycles. The zero-order valence-corrected chi connectivity index (χ0v) is 8.78. The molecule has 6 heteroatoms. The van der Waals surface area contributed by atoms with Gasteiger partial charge in [-0.15, -0.1) is 0 Å². The molecule has 9 heavy (non-hydrogen) atoms. The Kier molecular flexibility index (Phi) is 2.32. The van der Waals surface area contributed by atoms with Crippen molar-refractivity contribution < 1.29 is 9.92 Å². The van der Waals surface area contributed by atoms with Crippen LogP contribution in [0, 0.1) is 10.1 Å². The summed E-state index contributed by atoms with van der Waals surface area (Å²) in [6, 6.07) is 0. The van der Waals surface area contributed by atoms with Crippen LogP contribution in [-0.2, 0) is 4.84 Å². The third-order valence-electron chi connectivity index (χ3n) is 1.02. The Morgan fingerprint density at radius 1 is 1.89 bits per heavy atom. The summed E-state index contributed by atoms with van der Waals surface area (Å²) in [5, 5.41) is 8.89. The minimum atomic E-state index is -0.924. The summed E-state index contributed by atoms with van der Waals surface area (Å²) in [7, 11) is 0. The number of hydrogen-bond acceptors (Lipinski definition) is 4. The number of hydrogen-bond donors (Lipinski definition) is 0. The fraction of sp³-hybridized carbons (Fsp3) is 0.667. The predicted octanol–water partition coefficient (Wildman–Crippen LogP) is -0.233. The van der Waals surface area contributed by atoms with E-state index in [0.717, 1.165) is 4.18 Å². The molecule has 0 aliphatic carbocycles. The second kappa shape index (κ2) is 3.05. The van der Waals surface area contributed by atoms with Crippen LogP contribution in [0.3, 0.4) is 0 Å². The molecule has 1 rings (SSSR count). The molecule has 0 atom stereocenters. The van der Waals surface area contributed by atoms with Crippen LogP contribution in [0.25, 0.3) is 0 Å². The van der Waals surface area contributed by atoms with Crippen LogP contribution in [0.5, 0.6) is 0 Å². The Bertz CT molecular complexity index is 157. The first-order valence-corrected chi connectivity index (χ1v) is 7.30. The molecule has 0 saturated heterocycles. The van der Waals surface area contributed by atoms with Gasteiger partial charge in [0.05, 0.1) is 0 Å². The summed E-state index contributed by atoms with van der Waals surface area (Å²) < 4.78 is 5.01. The van der Waals surface area contributed by atoms with Crippen molar-refractivity contribution in [3.63, 3.8) is 0 Å². The first-order chi connectivity index (χ1) is 4.29. The molecule has 0 bridgehead atoms. The van der Waals surface area contributed by atoms with Crippen LogP contribution in [0.4, 0.5) is 0 Å². The normalized spacial score (nSPS) is 16.2. The fourth-order valence-corrected chi connectivity index (χ4v) is 3.77. The topological polar surface area (TPSA) is 64.7 Å². The van der Waals surface area contributed by atoms with Crippen LogP contribution in [0.2, 0.25) is 4.18 Å². The molecular formula is C3H5InN2O3. The average Bonchev–Trinajstić information content (AvgIpc) is 2.15. The van der Waals surface area contributed by atoms with Gasteiger partial charge in [0, 0.05) is 0 Å². The number of rotatable bonds is 1. The summed E-state index contributed by atoms with van der Waals surface area (Å²) >= 11 is -0.924. The van der Waals surface area contributed by atoms with Crippen LogP contribution in [0.15, 0.2) is 2.98 Å². The first kappa shape index (κ1) is 6.85. The molecule has 0 saturated carbocycles. The fourth-order valence-electron chi connectivity index (χ4n) is 0.674. The molecule has 0 aromatic heterocycles. The van der Waals surface area contributed by atoms with Crippen molar-refractivity contribution in [3.8, 4) is 0 Å². The summed E-state index contributed by atoms with van der Waals surface area (Å²) in [5.41, 5.74) is 0. The van der Waals surface area contributed by atoms with Gasteiger partial charge < -0.3 is 0 Å². The molecule has 1 aliphatic heterocycles. The van der Waals surface area contributed by atoms with Crippen LogP contribution in [0.1, 0.15) is 6.42 Å². The van der Waals surface area contributed by atoms with E-state index in [1.807, 2.05) is 0 Å². The average molecular weight is 232 g/mol. The molecule has 0 N–H and O–H groups in total. The molecule has 1 aliphatic rings. The Morgan fingerprint density at radius 3 is 3.11 bits per heavy atom. The summed E-state index contributed by atoms with van der Waals surface area (Å²) in [6.45, 7) is 0. The molecule has 1 heterocycles. The first-order valence-electron chi connectivity index (χ1n) is 2.65. The SMILES string of the molecule is O=[N+]([O-])OC1=[N][InH][CH2]C1. The quantitative estimate of drug-likeness (QED) is 0.463. The second-order valence-corrected chi connectivity index (χ2v) is 5.89. The van der Waals surface area contributed by atoms with E-state index in [4.69, 9.17) is 0 Å². The van der Waals surface area contributed by atoms with Gasteiger partial charge in [0.1, 0.15) is 0 Å². The van der Waals surface area contributed by atoms with Gasteiger partial charge >= 0.3 is 62.7 Å². The van der Waals surface area contributed by atoms with Crippen molar-refractivity contribution in [3.05, 3.63) is 10.1 Å². The summed E-state index contributed by atoms with van der Waals surface area (Å²) in [4.78, 5) is 13.8. The second-order valence-electron chi connectivity index (χ2n) is 1.69. The van der Waals surface area contributed by atoms with Crippen LogP contribution < -0.4 is 0 Å². The minimum absolute atomic E-state index is 0.343. The van der Waals surface area contributed by atoms with E-state index in [9.17, 15) is 10.1 Å². The van der Waals surface area contributed by atoms with Gasteiger partial charge in [-0.05, 0) is 0 Å². The molecule has 0 aromatic rings. The zero-order valence-electron chi connectivity index (χ0n) is 4.74. The third kappa shape index (κ3) is 2.21. The van der Waals surface area contributed by atoms with Crippen molar-refractivity contribution in [2.45, 2.75) is 10.6 Å². The van der Waals surface area contributed by atoms with Crippen molar-refractivity contribution in [2.24, 2.45) is 2.98 Å². The van der Waals surface area contributed by atoms with Crippen LogP contribution >= 0.6 is 0 Å². The van der Waals surface area contributed by atoms with E-state index >= 15 is 0 Å². The number of nitrogens with zero attached hydrogens (tertiary/aromatic N) is 2. The van der Waals surface area contributed by atoms with Gasteiger partial charge in [-0.1, -0.05) is 0 Å². The van der Waals surface area contributed by atoms with E-state index in [1.165, 1.54) is 0 Å². The molecule has 48 valence electrons. The standard InChI is InChI=1S/C3H4N2O3.In.H/c1-2-3(4)8-5(6)7;;/h1-2H2;;/q-1;+1;. The maximum atomic E-state index is 9.68. The van der Waals surface area contributed by atoms with E-state index in [2.05, 4.69) is 7.82 Å². The van der Waals surface area contributed by atoms with E-state index < -0.39 is 28.3 Å². The van der Waals surface area contributed by atoms with Gasteiger partial charge in [-0.3, -0.25) is 0 Å². The molecule has 0 amide bonds. The van der Waals surface area contributed by atoms with Crippen molar-refractivity contribution in [2.75, 3.05) is 0 Å². The van der Waals surface area contributed by atoms with Crippen molar-refractivity contribution in [1.29, 1.82) is 0 Å². The Labute approximate surface area is 63.0 Å². The van der Waals surface area contributed by atoms with Gasteiger partial charge in [-0.2, -0.15) is 0 Å². The van der Waals surface area contributed by atoms with Gasteiger partial charge in [0.2, 0.25) is 0 Å². The Balaban J connectivity index is 2.35. The van der Waals surface area contributed by atoms with E-state index in [1.54, 1.807) is 0 Å². The molecule has 0 unspecified atom stereocenters. The van der Waals surface area contributed by atoms with E-state index in [-0.39, 0.29) is 0 Å². The predicted molar refractivity (Wildman–Crippen MR) is 32.1 cm³/mol. The van der Waals surface area contributed by atoms with E-state index in [0.29, 0.717) is 12.3 Å². The van der Waals surface area contributed by atoms with Crippen molar-refractivity contribution in [1.82, 2.24) is 0 Å². The monoisotopic (exact) mass is 232 g/mol. The summed E-state index contributed by atoms with van der Waals surface area (Å²) in [5.74, 6) is 0.343. The maximum absolute atomic E-state index is 9.68. The molecule has 0 fully saturated rings. The molecular weight excluding hydrogens is 227 g/mol. The Morgan fingerprint density at radius 2 is 2.67 bits per heavy atom. The van der Waals surface area contributed by atoms with Gasteiger partial charge in [0.15, 0.2) is 0 Å². The van der Waals surface area contributed by atoms with Gasteiger partial charge in [0.25, 0.3) is 0 Å². The third-order valence-corrected chi connectivity index (χ3v) is 4.57.